The lowest BCUT2D eigenvalue weighted by Gasteiger charge is -2.05. The number of rotatable bonds is 7. The molecule has 0 bridgehead atoms. The number of benzene rings is 1. The number of aromatic carboxylic acids is 1. The first-order valence-corrected chi connectivity index (χ1v) is 8.63. The van der Waals surface area contributed by atoms with Gasteiger partial charge in [-0.3, -0.25) is 4.98 Å². The summed E-state index contributed by atoms with van der Waals surface area (Å²) in [6.07, 6.45) is 8.83. The van der Waals surface area contributed by atoms with Crippen LogP contribution in [0.2, 0.25) is 5.02 Å². The van der Waals surface area contributed by atoms with Crippen LogP contribution >= 0.6 is 11.6 Å². The van der Waals surface area contributed by atoms with Crippen molar-refractivity contribution in [2.45, 2.75) is 33.1 Å². The molecule has 2 rings (SSSR count). The van der Waals surface area contributed by atoms with Crippen LogP contribution in [-0.4, -0.2) is 16.1 Å². The summed E-state index contributed by atoms with van der Waals surface area (Å²) in [6, 6.07) is 11.1. The Bertz CT molecular complexity index is 792. The number of carbonyl (C=O) groups is 1. The lowest BCUT2D eigenvalue weighted by Crippen LogP contribution is -1.98. The molecule has 3 nitrogen and oxygen atoms in total. The van der Waals surface area contributed by atoms with E-state index in [1.165, 1.54) is 17.8 Å². The Morgan fingerprint density at radius 1 is 1.20 bits per heavy atom. The predicted octanol–water partition coefficient (Wildman–Crippen LogP) is 5.81. The second-order valence-electron chi connectivity index (χ2n) is 5.96. The minimum Gasteiger partial charge on any atom is -0.478 e. The molecule has 1 aromatic carbocycles. The van der Waals surface area contributed by atoms with Crippen molar-refractivity contribution in [3.8, 4) is 0 Å². The van der Waals surface area contributed by atoms with Crippen LogP contribution in [-0.2, 0) is 6.42 Å². The first-order chi connectivity index (χ1) is 12.0. The molecule has 0 spiro atoms. The maximum Gasteiger partial charge on any atom is 0.335 e. The number of unbranched alkanes of at least 4 members (excludes halogenated alkanes) is 1. The highest BCUT2D eigenvalue weighted by molar-refractivity contribution is 6.30. The van der Waals surface area contributed by atoms with Crippen LogP contribution in [0, 0.1) is 0 Å². The Morgan fingerprint density at radius 3 is 2.60 bits per heavy atom. The van der Waals surface area contributed by atoms with Gasteiger partial charge in [-0.2, -0.15) is 0 Å². The smallest absolute Gasteiger partial charge is 0.335 e. The van der Waals surface area contributed by atoms with Gasteiger partial charge in [0.1, 0.15) is 0 Å². The number of aryl methyl sites for hydroxylation is 1. The van der Waals surface area contributed by atoms with Crippen molar-refractivity contribution >= 4 is 23.1 Å². The van der Waals surface area contributed by atoms with Crippen molar-refractivity contribution in [1.29, 1.82) is 0 Å². The third kappa shape index (κ3) is 5.87. The predicted molar refractivity (Wildman–Crippen MR) is 103 cm³/mol. The summed E-state index contributed by atoms with van der Waals surface area (Å²) in [4.78, 5) is 15.3. The van der Waals surface area contributed by atoms with E-state index in [-0.39, 0.29) is 5.56 Å². The summed E-state index contributed by atoms with van der Waals surface area (Å²) in [5, 5.41) is 9.84. The molecule has 0 unspecified atom stereocenters. The number of halogens is 1. The van der Waals surface area contributed by atoms with Crippen LogP contribution in [0.4, 0.5) is 0 Å². The number of carboxylic acid groups (broad SMARTS) is 1. The molecular formula is C21H22ClNO2. The molecule has 0 saturated carbocycles. The fourth-order valence-electron chi connectivity index (χ4n) is 2.43. The fraction of sp³-hybridized carbons (Fsp3) is 0.238. The number of carboxylic acids is 1. The van der Waals surface area contributed by atoms with Gasteiger partial charge < -0.3 is 5.11 Å². The molecular weight excluding hydrogens is 334 g/mol. The van der Waals surface area contributed by atoms with Crippen molar-refractivity contribution in [2.75, 3.05) is 0 Å². The molecule has 1 N–H and O–H groups in total. The number of aromatic nitrogens is 1. The van der Waals surface area contributed by atoms with E-state index < -0.39 is 5.97 Å². The lowest BCUT2D eigenvalue weighted by atomic mass is 10.0. The van der Waals surface area contributed by atoms with Crippen LogP contribution in [0.25, 0.3) is 5.57 Å². The van der Waals surface area contributed by atoms with Gasteiger partial charge in [-0.1, -0.05) is 35.9 Å². The van der Waals surface area contributed by atoms with E-state index in [2.05, 4.69) is 29.3 Å². The van der Waals surface area contributed by atoms with Gasteiger partial charge in [-0.25, -0.2) is 4.79 Å². The van der Waals surface area contributed by atoms with Gasteiger partial charge in [-0.15, -0.1) is 0 Å². The third-order valence-corrected chi connectivity index (χ3v) is 4.35. The van der Waals surface area contributed by atoms with E-state index in [0.717, 1.165) is 35.4 Å². The number of nitrogens with zero attached hydrogens (tertiary/aromatic N) is 1. The summed E-state index contributed by atoms with van der Waals surface area (Å²) in [5.41, 5.74) is 4.31. The molecule has 130 valence electrons. The van der Waals surface area contributed by atoms with Gasteiger partial charge in [0.15, 0.2) is 0 Å². The molecule has 1 heterocycles. The average Bonchev–Trinajstić information content (AvgIpc) is 2.62. The number of hydrogen-bond donors (Lipinski definition) is 1. The molecule has 0 fully saturated rings. The van der Waals surface area contributed by atoms with E-state index in [9.17, 15) is 4.79 Å². The highest BCUT2D eigenvalue weighted by Crippen LogP contribution is 2.18. The zero-order chi connectivity index (χ0) is 18.2. The minimum atomic E-state index is -0.938. The van der Waals surface area contributed by atoms with Crippen molar-refractivity contribution in [3.63, 3.8) is 0 Å². The maximum absolute atomic E-state index is 11.1. The van der Waals surface area contributed by atoms with Gasteiger partial charge in [-0.05, 0) is 74.1 Å². The largest absolute Gasteiger partial charge is 0.478 e. The molecule has 0 saturated heterocycles. The van der Waals surface area contributed by atoms with E-state index >= 15 is 0 Å². The summed E-state index contributed by atoms with van der Waals surface area (Å²) >= 11 is 5.88. The Labute approximate surface area is 153 Å². The Balaban J connectivity index is 1.92. The first kappa shape index (κ1) is 18.9. The zero-order valence-corrected chi connectivity index (χ0v) is 15.3. The fourth-order valence-corrected chi connectivity index (χ4v) is 2.56. The second-order valence-corrected chi connectivity index (χ2v) is 6.40. The van der Waals surface area contributed by atoms with Gasteiger partial charge in [0, 0.05) is 11.2 Å². The highest BCUT2D eigenvalue weighted by Gasteiger charge is 2.06. The average molecular weight is 356 g/mol. The summed E-state index contributed by atoms with van der Waals surface area (Å²) < 4.78 is 0. The van der Waals surface area contributed by atoms with Crippen LogP contribution in [0.15, 0.2) is 60.3 Å². The van der Waals surface area contributed by atoms with E-state index in [4.69, 9.17) is 16.7 Å². The molecule has 0 aliphatic carbocycles. The molecule has 1 aromatic heterocycles. The standard InChI is InChI=1S/C21H22ClNO2/c1-15(16(2)20-14-18(21(24)25)12-13-23-20)6-4-3-5-7-17-8-10-19(22)11-9-17/h4,6,8-14H,3,5,7H2,1-2H3,(H,24,25)/b6-4-,16-15+. The minimum absolute atomic E-state index is 0.254. The SMILES string of the molecule is CC(/C=C\CCCc1ccc(Cl)cc1)=C(/C)c1cc(C(=O)O)ccn1. The van der Waals surface area contributed by atoms with Crippen LogP contribution < -0.4 is 0 Å². The van der Waals surface area contributed by atoms with Crippen LogP contribution in [0.1, 0.15) is 48.3 Å². The lowest BCUT2D eigenvalue weighted by molar-refractivity contribution is 0.0696. The van der Waals surface area contributed by atoms with Gasteiger partial charge in [0.05, 0.1) is 11.3 Å². The Kier molecular flexibility index (Phi) is 6.96. The third-order valence-electron chi connectivity index (χ3n) is 4.10. The quantitative estimate of drug-likeness (QED) is 0.504. The zero-order valence-electron chi connectivity index (χ0n) is 14.5. The number of pyridine rings is 1. The van der Waals surface area contributed by atoms with Crippen LogP contribution in [0.3, 0.4) is 0 Å². The monoisotopic (exact) mass is 355 g/mol. The second kappa shape index (κ2) is 9.19. The molecule has 0 radical (unpaired) electrons. The van der Waals surface area contributed by atoms with Gasteiger partial charge >= 0.3 is 5.97 Å². The number of hydrogen-bond acceptors (Lipinski definition) is 2. The van der Waals surface area contributed by atoms with E-state index in [0.29, 0.717) is 5.69 Å². The molecule has 4 heteroatoms. The summed E-state index contributed by atoms with van der Waals surface area (Å²) in [6.45, 7) is 3.97. The molecule has 0 aliphatic rings. The van der Waals surface area contributed by atoms with Crippen molar-refractivity contribution in [2.24, 2.45) is 0 Å². The number of allylic oxidation sites excluding steroid dienone is 4. The molecule has 0 amide bonds. The summed E-state index contributed by atoms with van der Waals surface area (Å²) in [7, 11) is 0. The van der Waals surface area contributed by atoms with E-state index in [1.54, 1.807) is 6.07 Å². The molecule has 2 aromatic rings. The normalized spacial score (nSPS) is 12.3. The molecule has 0 atom stereocenters. The molecule has 25 heavy (non-hydrogen) atoms. The first-order valence-electron chi connectivity index (χ1n) is 8.25. The summed E-state index contributed by atoms with van der Waals surface area (Å²) in [5.74, 6) is -0.938. The van der Waals surface area contributed by atoms with Crippen molar-refractivity contribution in [3.05, 3.63) is 82.2 Å². The van der Waals surface area contributed by atoms with Gasteiger partial charge in [0.25, 0.3) is 0 Å². The highest BCUT2D eigenvalue weighted by atomic mass is 35.5. The Hall–Kier alpha value is -2.39. The Morgan fingerprint density at radius 2 is 1.92 bits per heavy atom. The maximum atomic E-state index is 11.1. The van der Waals surface area contributed by atoms with Crippen molar-refractivity contribution in [1.82, 2.24) is 4.98 Å². The topological polar surface area (TPSA) is 50.2 Å². The van der Waals surface area contributed by atoms with Crippen molar-refractivity contribution < 1.29 is 9.90 Å². The van der Waals surface area contributed by atoms with E-state index in [1.807, 2.05) is 26.0 Å². The van der Waals surface area contributed by atoms with Crippen LogP contribution in [0.5, 0.6) is 0 Å². The molecule has 0 aliphatic heterocycles. The van der Waals surface area contributed by atoms with Gasteiger partial charge in [0.2, 0.25) is 0 Å².